The van der Waals surface area contributed by atoms with Crippen LogP contribution in [0.15, 0.2) is 0 Å². The van der Waals surface area contributed by atoms with Crippen LogP contribution < -0.4 is 0 Å². The Morgan fingerprint density at radius 1 is 0.692 bits per heavy atom. The van der Waals surface area contributed by atoms with E-state index >= 15 is 0 Å². The highest BCUT2D eigenvalue weighted by molar-refractivity contribution is 5.00. The van der Waals surface area contributed by atoms with Gasteiger partial charge in [-0.15, -0.1) is 0 Å². The van der Waals surface area contributed by atoms with E-state index in [1.165, 1.54) is 0 Å². The summed E-state index contributed by atoms with van der Waals surface area (Å²) in [5.74, 6) is -1.74. The van der Waals surface area contributed by atoms with Gasteiger partial charge in [-0.05, 0) is 36.0 Å². The number of hydrogen-bond acceptors (Lipinski definition) is 1. The summed E-state index contributed by atoms with van der Waals surface area (Å²) in [6.07, 6.45) is -10.6. The molecule has 0 bridgehead atoms. The first kappa shape index (κ1) is 25.5. The predicted molar refractivity (Wildman–Crippen MR) is 91.7 cm³/mol. The van der Waals surface area contributed by atoms with Gasteiger partial charge in [0, 0.05) is 5.92 Å². The summed E-state index contributed by atoms with van der Waals surface area (Å²) >= 11 is 0. The van der Waals surface area contributed by atoms with Crippen molar-refractivity contribution in [2.45, 2.75) is 98.5 Å². The molecule has 0 radical (unpaired) electrons. The molecule has 0 aliphatic heterocycles. The molecule has 0 aliphatic rings. The molecule has 0 rings (SSSR count). The molecule has 0 saturated carbocycles. The molecule has 1 nitrogen and oxygen atoms in total. The fourth-order valence-electron chi connectivity index (χ4n) is 3.68. The van der Waals surface area contributed by atoms with Gasteiger partial charge < -0.3 is 5.11 Å². The second-order valence-electron chi connectivity index (χ2n) is 10.0. The molecule has 0 spiro atoms. The lowest BCUT2D eigenvalue weighted by Gasteiger charge is -2.41. The molecule has 158 valence electrons. The molecule has 1 N–H and O–H groups in total. The Labute approximate surface area is 153 Å². The van der Waals surface area contributed by atoms with Crippen molar-refractivity contribution in [2.75, 3.05) is 0 Å². The first-order valence-corrected chi connectivity index (χ1v) is 9.06. The Hall–Kier alpha value is -0.460. The van der Waals surface area contributed by atoms with E-state index in [1.54, 1.807) is 20.8 Å². The Morgan fingerprint density at radius 2 is 1.08 bits per heavy atom. The maximum Gasteiger partial charge on any atom is 0.426 e. The van der Waals surface area contributed by atoms with Crippen molar-refractivity contribution in [1.29, 1.82) is 0 Å². The minimum Gasteiger partial charge on any atom is -0.373 e. The van der Waals surface area contributed by atoms with Crippen LogP contribution in [0.3, 0.4) is 0 Å². The average molecular weight is 392 g/mol. The molecule has 2 atom stereocenters. The molecular formula is C19H34F6O. The van der Waals surface area contributed by atoms with Gasteiger partial charge >= 0.3 is 12.4 Å². The van der Waals surface area contributed by atoms with E-state index in [-0.39, 0.29) is 30.6 Å². The summed E-state index contributed by atoms with van der Waals surface area (Å²) in [6, 6.07) is 0. The fourth-order valence-corrected chi connectivity index (χ4v) is 3.68. The van der Waals surface area contributed by atoms with Crippen LogP contribution in [0.2, 0.25) is 0 Å². The average Bonchev–Trinajstić information content (AvgIpc) is 2.29. The highest BCUT2D eigenvalue weighted by Gasteiger charge is 2.73. The van der Waals surface area contributed by atoms with Crippen molar-refractivity contribution in [2.24, 2.45) is 22.7 Å². The summed E-state index contributed by atoms with van der Waals surface area (Å²) < 4.78 is 79.6. The summed E-state index contributed by atoms with van der Waals surface area (Å²) in [6.45, 7) is 12.8. The standard InChI is InChI=1S/C19H34F6O/c1-13(11-15(2,3)4)9-8-10-14(12-16(5,6)7)17(26,18(20,21)22)19(23,24)25/h13-14,26H,8-12H2,1-7H3. The maximum absolute atomic E-state index is 13.3. The highest BCUT2D eigenvalue weighted by atomic mass is 19.4. The van der Waals surface area contributed by atoms with Crippen LogP contribution in [-0.2, 0) is 0 Å². The van der Waals surface area contributed by atoms with Gasteiger partial charge in [-0.2, -0.15) is 26.3 Å². The molecule has 0 fully saturated rings. The molecule has 2 unspecified atom stereocenters. The summed E-state index contributed by atoms with van der Waals surface area (Å²) in [7, 11) is 0. The monoisotopic (exact) mass is 392 g/mol. The minimum atomic E-state index is -5.77. The third-order valence-electron chi connectivity index (χ3n) is 4.52. The quantitative estimate of drug-likeness (QED) is 0.457. The molecule has 0 amide bonds. The second-order valence-corrected chi connectivity index (χ2v) is 10.0. The van der Waals surface area contributed by atoms with Gasteiger partial charge in [0.05, 0.1) is 0 Å². The normalized spacial score (nSPS) is 17.3. The van der Waals surface area contributed by atoms with E-state index < -0.39 is 29.3 Å². The van der Waals surface area contributed by atoms with Crippen molar-refractivity contribution < 1.29 is 31.4 Å². The smallest absolute Gasteiger partial charge is 0.373 e. The van der Waals surface area contributed by atoms with E-state index in [0.29, 0.717) is 6.42 Å². The molecule has 0 aromatic heterocycles. The van der Waals surface area contributed by atoms with Crippen LogP contribution in [-0.4, -0.2) is 23.1 Å². The summed E-state index contributed by atoms with van der Waals surface area (Å²) in [5.41, 5.74) is -5.41. The SMILES string of the molecule is CC(CCCC(CC(C)(C)C)C(O)(C(F)(F)F)C(F)(F)F)CC(C)(C)C. The van der Waals surface area contributed by atoms with Crippen molar-refractivity contribution >= 4 is 0 Å². The van der Waals surface area contributed by atoms with Crippen LogP contribution in [0.4, 0.5) is 26.3 Å². The molecule has 0 aromatic carbocycles. The van der Waals surface area contributed by atoms with Gasteiger partial charge in [0.15, 0.2) is 0 Å². The molecule has 7 heteroatoms. The van der Waals surface area contributed by atoms with E-state index in [4.69, 9.17) is 0 Å². The van der Waals surface area contributed by atoms with E-state index in [9.17, 15) is 31.4 Å². The van der Waals surface area contributed by atoms with E-state index in [2.05, 4.69) is 0 Å². The van der Waals surface area contributed by atoms with Crippen LogP contribution in [0.1, 0.15) is 80.6 Å². The predicted octanol–water partition coefficient (Wildman–Crippen LogP) is 7.14. The van der Waals surface area contributed by atoms with Crippen LogP contribution in [0, 0.1) is 22.7 Å². The summed E-state index contributed by atoms with van der Waals surface area (Å²) in [4.78, 5) is 0. The molecule has 0 aliphatic carbocycles. The number of alkyl halides is 6. The second kappa shape index (κ2) is 8.27. The van der Waals surface area contributed by atoms with Gasteiger partial charge in [-0.25, -0.2) is 0 Å². The Morgan fingerprint density at radius 3 is 1.38 bits per heavy atom. The third kappa shape index (κ3) is 7.65. The van der Waals surface area contributed by atoms with Gasteiger partial charge in [-0.3, -0.25) is 0 Å². The molecule has 0 heterocycles. The van der Waals surface area contributed by atoms with Gasteiger partial charge in [0.1, 0.15) is 0 Å². The number of rotatable bonds is 7. The van der Waals surface area contributed by atoms with Crippen LogP contribution in [0.5, 0.6) is 0 Å². The van der Waals surface area contributed by atoms with Crippen molar-refractivity contribution in [3.63, 3.8) is 0 Å². The lowest BCUT2D eigenvalue weighted by molar-refractivity contribution is -0.387. The number of hydrogen-bond donors (Lipinski definition) is 1. The van der Waals surface area contributed by atoms with Gasteiger partial charge in [0.2, 0.25) is 0 Å². The number of aliphatic hydroxyl groups is 1. The van der Waals surface area contributed by atoms with Gasteiger partial charge in [0.25, 0.3) is 5.60 Å². The summed E-state index contributed by atoms with van der Waals surface area (Å²) in [5, 5.41) is 9.81. The van der Waals surface area contributed by atoms with E-state index in [0.717, 1.165) is 6.42 Å². The maximum atomic E-state index is 13.3. The van der Waals surface area contributed by atoms with Crippen molar-refractivity contribution in [1.82, 2.24) is 0 Å². The van der Waals surface area contributed by atoms with Crippen molar-refractivity contribution in [3.05, 3.63) is 0 Å². The minimum absolute atomic E-state index is 0.0445. The lowest BCUT2D eigenvalue weighted by Crippen LogP contribution is -2.62. The largest absolute Gasteiger partial charge is 0.426 e. The molecule has 0 aromatic rings. The lowest BCUT2D eigenvalue weighted by atomic mass is 9.72. The molecular weight excluding hydrogens is 358 g/mol. The third-order valence-corrected chi connectivity index (χ3v) is 4.52. The van der Waals surface area contributed by atoms with Crippen LogP contribution in [0.25, 0.3) is 0 Å². The number of halogens is 6. The zero-order valence-corrected chi connectivity index (χ0v) is 16.9. The highest BCUT2D eigenvalue weighted by Crippen LogP contribution is 2.52. The van der Waals surface area contributed by atoms with Crippen molar-refractivity contribution in [3.8, 4) is 0 Å². The fraction of sp³-hybridized carbons (Fsp3) is 1.00. The first-order valence-electron chi connectivity index (χ1n) is 9.06. The Bertz CT molecular complexity index is 411. The van der Waals surface area contributed by atoms with Crippen LogP contribution >= 0.6 is 0 Å². The Balaban J connectivity index is 5.41. The zero-order chi connectivity index (χ0) is 21.2. The topological polar surface area (TPSA) is 20.2 Å². The van der Waals surface area contributed by atoms with E-state index in [1.807, 2.05) is 27.7 Å². The first-order chi connectivity index (χ1) is 11.2. The Kier molecular flexibility index (Phi) is 8.13. The van der Waals surface area contributed by atoms with Gasteiger partial charge in [-0.1, -0.05) is 61.3 Å². The molecule has 26 heavy (non-hydrogen) atoms. The molecule has 0 saturated heterocycles. The zero-order valence-electron chi connectivity index (χ0n) is 16.9.